The highest BCUT2D eigenvalue weighted by Gasteiger charge is 2.57. The summed E-state index contributed by atoms with van der Waals surface area (Å²) >= 11 is 0. The molecule has 3 unspecified atom stereocenters. The SMILES string of the molecule is C=C(C(=O)O)C(C)[Si]1(C)CCC(C)(c2ccccc2)O[Si]1(C)C. The van der Waals surface area contributed by atoms with E-state index in [9.17, 15) is 9.90 Å². The molecule has 0 radical (unpaired) electrons. The van der Waals surface area contributed by atoms with Gasteiger partial charge in [0.05, 0.1) is 13.2 Å². The molecule has 0 aromatic heterocycles. The van der Waals surface area contributed by atoms with Gasteiger partial charge in [-0.1, -0.05) is 56.4 Å². The van der Waals surface area contributed by atoms with Crippen molar-refractivity contribution in [3.63, 3.8) is 0 Å². The van der Waals surface area contributed by atoms with Gasteiger partial charge >= 0.3 is 5.97 Å². The second-order valence-corrected chi connectivity index (χ2v) is 22.1. The van der Waals surface area contributed by atoms with Gasteiger partial charge in [-0.05, 0) is 37.5 Å². The minimum absolute atomic E-state index is 0.0435. The van der Waals surface area contributed by atoms with Gasteiger partial charge in [0, 0.05) is 5.57 Å². The number of aliphatic carboxylic acids is 1. The van der Waals surface area contributed by atoms with Crippen LogP contribution in [0.5, 0.6) is 0 Å². The third-order valence-electron chi connectivity index (χ3n) is 6.11. The first kappa shape index (κ1) is 18.2. The van der Waals surface area contributed by atoms with Crippen molar-refractivity contribution in [1.82, 2.24) is 0 Å². The maximum atomic E-state index is 11.4. The third-order valence-corrected chi connectivity index (χ3v) is 24.0. The van der Waals surface area contributed by atoms with E-state index in [0.29, 0.717) is 5.57 Å². The zero-order chi connectivity index (χ0) is 17.5. The number of benzene rings is 1. The summed E-state index contributed by atoms with van der Waals surface area (Å²) in [5.74, 6) is -0.868. The lowest BCUT2D eigenvalue weighted by Gasteiger charge is -2.54. The number of rotatable bonds is 4. The zero-order valence-corrected chi connectivity index (χ0v) is 16.8. The first-order valence-electron chi connectivity index (χ1n) is 8.21. The molecule has 1 aliphatic rings. The molecule has 1 saturated heterocycles. The molecule has 0 saturated carbocycles. The molecular weight excluding hydrogens is 320 g/mol. The average molecular weight is 349 g/mol. The molecule has 1 aliphatic heterocycles. The molecule has 5 heteroatoms. The van der Waals surface area contributed by atoms with E-state index in [4.69, 9.17) is 4.43 Å². The lowest BCUT2D eigenvalue weighted by Crippen LogP contribution is -2.67. The number of hydrogen-bond acceptors (Lipinski definition) is 2. The summed E-state index contributed by atoms with van der Waals surface area (Å²) in [5.41, 5.74) is 1.36. The van der Waals surface area contributed by atoms with Crippen LogP contribution in [0.25, 0.3) is 0 Å². The van der Waals surface area contributed by atoms with Gasteiger partial charge < -0.3 is 9.53 Å². The predicted molar refractivity (Wildman–Crippen MR) is 99.6 cm³/mol. The largest absolute Gasteiger partial charge is 0.478 e. The van der Waals surface area contributed by atoms with E-state index in [1.807, 2.05) is 13.0 Å². The molecular formula is C18H28O3Si2. The van der Waals surface area contributed by atoms with Crippen molar-refractivity contribution in [3.8, 4) is 0 Å². The summed E-state index contributed by atoms with van der Waals surface area (Å²) in [4.78, 5) is 11.4. The molecule has 1 heterocycles. The van der Waals surface area contributed by atoms with E-state index < -0.39 is 21.4 Å². The molecule has 3 nitrogen and oxygen atoms in total. The predicted octanol–water partition coefficient (Wildman–Crippen LogP) is 4.72. The molecule has 1 aromatic rings. The molecule has 0 bridgehead atoms. The molecule has 1 aromatic carbocycles. The summed E-state index contributed by atoms with van der Waals surface area (Å²) < 4.78 is 6.78. The van der Waals surface area contributed by atoms with Gasteiger partial charge in [0.2, 0.25) is 0 Å². The summed E-state index contributed by atoms with van der Waals surface area (Å²) in [6.45, 7) is 14.9. The van der Waals surface area contributed by atoms with Crippen LogP contribution < -0.4 is 0 Å². The Bertz CT molecular complexity index is 614. The average Bonchev–Trinajstić information content (AvgIpc) is 2.50. The molecule has 0 amide bonds. The van der Waals surface area contributed by atoms with Crippen LogP contribution in [0.15, 0.2) is 42.5 Å². The third kappa shape index (κ3) is 3.10. The summed E-state index contributed by atoms with van der Waals surface area (Å²) in [6, 6.07) is 11.5. The van der Waals surface area contributed by atoms with Crippen molar-refractivity contribution >= 4 is 21.4 Å². The Balaban J connectivity index is 2.33. The fourth-order valence-corrected chi connectivity index (χ4v) is 16.6. The van der Waals surface area contributed by atoms with Gasteiger partial charge in [-0.2, -0.15) is 0 Å². The Morgan fingerprint density at radius 2 is 1.87 bits per heavy atom. The fourth-order valence-electron chi connectivity index (χ4n) is 3.83. The van der Waals surface area contributed by atoms with Gasteiger partial charge in [0.15, 0.2) is 7.83 Å². The molecule has 126 valence electrons. The molecule has 0 aliphatic carbocycles. The lowest BCUT2D eigenvalue weighted by molar-refractivity contribution is -0.132. The molecule has 1 fully saturated rings. The van der Waals surface area contributed by atoms with Gasteiger partial charge in [-0.3, -0.25) is 0 Å². The van der Waals surface area contributed by atoms with E-state index in [1.54, 1.807) is 0 Å². The van der Waals surface area contributed by atoms with E-state index >= 15 is 0 Å². The Kier molecular flexibility index (Phi) is 4.77. The van der Waals surface area contributed by atoms with Crippen molar-refractivity contribution in [2.75, 3.05) is 0 Å². The van der Waals surface area contributed by atoms with Gasteiger partial charge in [-0.15, -0.1) is 0 Å². The van der Waals surface area contributed by atoms with Crippen LogP contribution >= 0.6 is 0 Å². The Morgan fingerprint density at radius 3 is 2.35 bits per heavy atom. The van der Waals surface area contributed by atoms with E-state index in [1.165, 1.54) is 5.56 Å². The van der Waals surface area contributed by atoms with Gasteiger partial charge in [-0.25, -0.2) is 4.79 Å². The monoisotopic (exact) mass is 348 g/mol. The lowest BCUT2D eigenvalue weighted by atomic mass is 9.93. The standard InChI is InChI=1S/C18H28O3Si2/c1-14(17(19)20)15(2)23(6)13-12-18(3,21-22(23,4)5)16-10-8-7-9-11-16/h7-11,15H,1,12-13H2,2-6H3,(H,19,20). The second kappa shape index (κ2) is 6.03. The zero-order valence-electron chi connectivity index (χ0n) is 14.8. The van der Waals surface area contributed by atoms with Crippen LogP contribution in [0.1, 0.15) is 25.8 Å². The highest BCUT2D eigenvalue weighted by Crippen LogP contribution is 2.49. The Labute approximate surface area is 141 Å². The number of carbonyl (C=O) groups is 1. The van der Waals surface area contributed by atoms with E-state index in [-0.39, 0.29) is 11.1 Å². The number of carboxylic acids is 1. The fraction of sp³-hybridized carbons (Fsp3) is 0.500. The first-order valence-corrected chi connectivity index (χ1v) is 14.9. The topological polar surface area (TPSA) is 46.5 Å². The molecule has 3 atom stereocenters. The van der Waals surface area contributed by atoms with Crippen LogP contribution in [0, 0.1) is 0 Å². The van der Waals surface area contributed by atoms with Crippen LogP contribution in [0.4, 0.5) is 0 Å². The van der Waals surface area contributed by atoms with Crippen LogP contribution in [-0.2, 0) is 14.8 Å². The minimum atomic E-state index is -2.02. The molecule has 23 heavy (non-hydrogen) atoms. The van der Waals surface area contributed by atoms with Crippen LogP contribution in [0.3, 0.4) is 0 Å². The van der Waals surface area contributed by atoms with Crippen LogP contribution in [-0.4, -0.2) is 26.5 Å². The highest BCUT2D eigenvalue weighted by molar-refractivity contribution is 7.39. The molecule has 0 spiro atoms. The number of hydrogen-bond donors (Lipinski definition) is 1. The highest BCUT2D eigenvalue weighted by atomic mass is 29.3. The summed E-state index contributed by atoms with van der Waals surface area (Å²) in [6.07, 6.45) is 0.952. The Hall–Kier alpha value is -1.18. The quantitative estimate of drug-likeness (QED) is 0.633. The Morgan fingerprint density at radius 1 is 1.30 bits per heavy atom. The first-order chi connectivity index (χ1) is 10.5. The van der Waals surface area contributed by atoms with Crippen molar-refractivity contribution in [2.45, 2.75) is 57.1 Å². The van der Waals surface area contributed by atoms with Gasteiger partial charge in [0.1, 0.15) is 0 Å². The van der Waals surface area contributed by atoms with Crippen molar-refractivity contribution in [1.29, 1.82) is 0 Å². The van der Waals surface area contributed by atoms with Crippen molar-refractivity contribution in [2.24, 2.45) is 0 Å². The molecule has 2 rings (SSSR count). The van der Waals surface area contributed by atoms with E-state index in [0.717, 1.165) is 12.5 Å². The summed E-state index contributed by atoms with van der Waals surface area (Å²) in [7, 11) is -3.90. The normalized spacial score (nSPS) is 31.3. The van der Waals surface area contributed by atoms with Crippen LogP contribution in [0.2, 0.25) is 31.2 Å². The minimum Gasteiger partial charge on any atom is -0.478 e. The van der Waals surface area contributed by atoms with E-state index in [2.05, 4.69) is 57.4 Å². The molecule has 1 N–H and O–H groups in total. The van der Waals surface area contributed by atoms with Crippen molar-refractivity contribution < 1.29 is 14.3 Å². The van der Waals surface area contributed by atoms with Crippen molar-refractivity contribution in [3.05, 3.63) is 48.0 Å². The van der Waals surface area contributed by atoms with Gasteiger partial charge in [0.25, 0.3) is 0 Å². The second-order valence-electron chi connectivity index (χ2n) is 7.68. The maximum Gasteiger partial charge on any atom is 0.330 e. The summed E-state index contributed by atoms with van der Waals surface area (Å²) in [5, 5.41) is 9.35. The smallest absolute Gasteiger partial charge is 0.330 e. The number of carboxylic acid groups (broad SMARTS) is 1. The maximum absolute atomic E-state index is 11.4.